The third-order valence-corrected chi connectivity index (χ3v) is 12.6. The van der Waals surface area contributed by atoms with Gasteiger partial charge in [0.25, 0.3) is 11.8 Å². The van der Waals surface area contributed by atoms with Gasteiger partial charge in [-0.3, -0.25) is 29.4 Å². The Morgan fingerprint density at radius 3 is 2.32 bits per heavy atom. The molecule has 0 atom stereocenters. The molecule has 1 aliphatic carbocycles. The highest BCUT2D eigenvalue weighted by molar-refractivity contribution is 7.15. The number of pyridine rings is 1. The highest BCUT2D eigenvalue weighted by Crippen LogP contribution is 2.35. The molecule has 5 aromatic rings. The van der Waals surface area contributed by atoms with E-state index in [9.17, 15) is 19.2 Å². The number of carbonyl (C=O) groups excluding carboxylic acids is 4. The number of hydrogen-bond donors (Lipinski definition) is 4. The van der Waals surface area contributed by atoms with Crippen molar-refractivity contribution in [3.05, 3.63) is 76.7 Å². The van der Waals surface area contributed by atoms with Crippen molar-refractivity contribution < 1.29 is 19.2 Å². The topological polar surface area (TPSA) is 183 Å². The van der Waals surface area contributed by atoms with Crippen molar-refractivity contribution in [2.75, 3.05) is 74.2 Å². The number of unbranched alkanes of at least 4 members (excludes halogenated alkanes) is 4. The summed E-state index contributed by atoms with van der Waals surface area (Å²) < 4.78 is 2.10. The van der Waals surface area contributed by atoms with Crippen molar-refractivity contribution >= 4 is 74.3 Å². The van der Waals surface area contributed by atoms with Crippen LogP contribution in [0.5, 0.6) is 0 Å². The molecule has 4 aromatic heterocycles. The predicted octanol–water partition coefficient (Wildman–Crippen LogP) is 6.93. The number of thiazole rings is 1. The quantitative estimate of drug-likeness (QED) is 0.0671. The molecule has 2 aliphatic rings. The minimum Gasteiger partial charge on any atom is -0.368 e. The van der Waals surface area contributed by atoms with Crippen LogP contribution in [0, 0.1) is 13.8 Å². The van der Waals surface area contributed by atoms with Crippen LogP contribution in [-0.4, -0.2) is 111 Å². The highest BCUT2D eigenvalue weighted by atomic mass is 32.1. The maximum absolute atomic E-state index is 13.1. The number of benzene rings is 1. The molecule has 0 unspecified atom stereocenters. The minimum atomic E-state index is -0.308. The molecule has 0 radical (unpaired) electrons. The van der Waals surface area contributed by atoms with Gasteiger partial charge in [-0.05, 0) is 69.9 Å². The van der Waals surface area contributed by atoms with Crippen molar-refractivity contribution in [3.63, 3.8) is 0 Å². The first-order chi connectivity index (χ1) is 30.0. The molecule has 16 nitrogen and oxygen atoms in total. The molecular formula is C45H58N12O4S. The van der Waals surface area contributed by atoms with Crippen LogP contribution in [0.3, 0.4) is 0 Å². The lowest BCUT2D eigenvalue weighted by Crippen LogP contribution is -2.49. The Labute approximate surface area is 366 Å². The number of aromatic nitrogens is 5. The number of rotatable bonds is 18. The molecule has 5 heterocycles. The van der Waals surface area contributed by atoms with E-state index in [4.69, 9.17) is 4.98 Å². The molecule has 4 N–H and O–H groups in total. The van der Waals surface area contributed by atoms with Gasteiger partial charge in [-0.15, -0.1) is 11.3 Å². The fourth-order valence-electron chi connectivity index (χ4n) is 8.04. The molecule has 1 saturated carbocycles. The van der Waals surface area contributed by atoms with Gasteiger partial charge in [0.2, 0.25) is 17.8 Å². The number of piperazine rings is 1. The smallest absolute Gasteiger partial charge is 0.270 e. The summed E-state index contributed by atoms with van der Waals surface area (Å²) in [7, 11) is 3.54. The third kappa shape index (κ3) is 11.3. The predicted molar refractivity (Wildman–Crippen MR) is 245 cm³/mol. The van der Waals surface area contributed by atoms with Crippen molar-refractivity contribution in [1.82, 2.24) is 39.6 Å². The third-order valence-electron chi connectivity index (χ3n) is 11.6. The van der Waals surface area contributed by atoms with Crippen LogP contribution in [0.1, 0.15) is 102 Å². The standard InChI is InChI=1S/C45H58N12O4S/c1-30-31(2)62-45(49-30)53-42(60)35-16-11-12-17-36(35)50-39(58)18-8-6-5-7-13-21-46-40(59)29-55-22-24-56(25-23-55)34-19-20-38(47-28-34)51-44-48-27-32-26-37(43(61)54(3)4)57(41(32)52-44)33-14-9-10-15-33/h11-12,16-17,19-20,26-28,33H,5-10,13-15,18,21-25,29H2,1-4H3,(H,46,59)(H,50,58)(H,49,53,60)(H,47,48,51,52). The van der Waals surface area contributed by atoms with E-state index >= 15 is 0 Å². The summed E-state index contributed by atoms with van der Waals surface area (Å²) in [4.78, 5) is 76.9. The molecule has 17 heteroatoms. The fourth-order valence-corrected chi connectivity index (χ4v) is 8.85. The van der Waals surface area contributed by atoms with E-state index in [1.807, 2.05) is 38.2 Å². The Balaban J connectivity index is 0.766. The molecule has 328 valence electrons. The second kappa shape index (κ2) is 20.8. The van der Waals surface area contributed by atoms with Crippen molar-refractivity contribution in [1.29, 1.82) is 0 Å². The van der Waals surface area contributed by atoms with Crippen LogP contribution in [0.4, 0.5) is 28.3 Å². The molecule has 0 bridgehead atoms. The van der Waals surface area contributed by atoms with Crippen molar-refractivity contribution in [2.45, 2.75) is 84.1 Å². The van der Waals surface area contributed by atoms with E-state index in [0.717, 1.165) is 111 Å². The van der Waals surface area contributed by atoms with Crippen LogP contribution in [0.2, 0.25) is 0 Å². The maximum Gasteiger partial charge on any atom is 0.270 e. The molecule has 4 amide bonds. The summed E-state index contributed by atoms with van der Waals surface area (Å²) in [5.41, 5.74) is 4.19. The van der Waals surface area contributed by atoms with Crippen LogP contribution >= 0.6 is 11.3 Å². The van der Waals surface area contributed by atoms with Crippen LogP contribution < -0.4 is 26.2 Å². The lowest BCUT2D eigenvalue weighted by molar-refractivity contribution is -0.122. The monoisotopic (exact) mass is 862 g/mol. The number of nitrogens with one attached hydrogen (secondary N) is 4. The van der Waals surface area contributed by atoms with E-state index in [1.165, 1.54) is 11.3 Å². The second-order valence-corrected chi connectivity index (χ2v) is 17.6. The van der Waals surface area contributed by atoms with Gasteiger partial charge < -0.3 is 30.3 Å². The maximum atomic E-state index is 13.1. The number of aryl methyl sites for hydroxylation is 2. The zero-order valence-corrected chi connectivity index (χ0v) is 37.0. The summed E-state index contributed by atoms with van der Waals surface area (Å²) in [6, 6.07) is 13.1. The van der Waals surface area contributed by atoms with Crippen molar-refractivity contribution in [2.24, 2.45) is 0 Å². The summed E-state index contributed by atoms with van der Waals surface area (Å²) >= 11 is 1.42. The molecule has 2 fully saturated rings. The lowest BCUT2D eigenvalue weighted by atomic mass is 10.1. The van der Waals surface area contributed by atoms with Crippen LogP contribution in [-0.2, 0) is 9.59 Å². The zero-order chi connectivity index (χ0) is 43.6. The molecule has 1 saturated heterocycles. The summed E-state index contributed by atoms with van der Waals surface area (Å²) in [5.74, 6) is 0.638. The first kappa shape index (κ1) is 44.1. The zero-order valence-electron chi connectivity index (χ0n) is 36.2. The normalized spacial score (nSPS) is 14.5. The van der Waals surface area contributed by atoms with Gasteiger partial charge >= 0.3 is 0 Å². The Hall–Kier alpha value is -5.94. The molecule has 1 aliphatic heterocycles. The SMILES string of the molecule is Cc1nc(NC(=O)c2ccccc2NC(=O)CCCCCCCNC(=O)CN2CCN(c3ccc(Nc4ncc5cc(C(=O)N(C)C)n(C6CCCC6)c5n4)nc3)CC2)sc1C. The van der Waals surface area contributed by atoms with Gasteiger partial charge in [0.05, 0.1) is 35.4 Å². The number of carbonyl (C=O) groups is 4. The average Bonchev–Trinajstić information content (AvgIpc) is 4.00. The van der Waals surface area contributed by atoms with Gasteiger partial charge in [0.1, 0.15) is 17.2 Å². The first-order valence-electron chi connectivity index (χ1n) is 21.7. The van der Waals surface area contributed by atoms with Gasteiger partial charge in [-0.2, -0.15) is 4.98 Å². The number of nitrogens with zero attached hydrogens (tertiary/aromatic N) is 8. The summed E-state index contributed by atoms with van der Waals surface area (Å²) in [6.07, 6.45) is 12.8. The Morgan fingerprint density at radius 2 is 1.60 bits per heavy atom. The number of anilines is 5. The molecule has 1 aromatic carbocycles. The van der Waals surface area contributed by atoms with Crippen molar-refractivity contribution in [3.8, 4) is 0 Å². The van der Waals surface area contributed by atoms with E-state index < -0.39 is 0 Å². The van der Waals surface area contributed by atoms with E-state index in [2.05, 4.69) is 50.6 Å². The Kier molecular flexibility index (Phi) is 14.8. The molecule has 7 rings (SSSR count). The van der Waals surface area contributed by atoms with Gasteiger partial charge in [-0.25, -0.2) is 15.0 Å². The number of fused-ring (bicyclic) bond motifs is 1. The Bertz CT molecular complexity index is 2330. The average molecular weight is 863 g/mol. The van der Waals surface area contributed by atoms with Crippen LogP contribution in [0.15, 0.2) is 54.9 Å². The van der Waals surface area contributed by atoms with Crippen LogP contribution in [0.25, 0.3) is 11.0 Å². The molecule has 0 spiro atoms. The fraction of sp³-hybridized carbons (Fsp3) is 0.467. The van der Waals surface area contributed by atoms with E-state index in [-0.39, 0.29) is 29.7 Å². The van der Waals surface area contributed by atoms with E-state index in [0.29, 0.717) is 53.4 Å². The number of para-hydroxylation sites is 1. The van der Waals surface area contributed by atoms with E-state index in [1.54, 1.807) is 49.5 Å². The summed E-state index contributed by atoms with van der Waals surface area (Å²) in [5, 5.41) is 13.4. The minimum absolute atomic E-state index is 0.0366. The molecular weight excluding hydrogens is 805 g/mol. The number of hydrogen-bond acceptors (Lipinski definition) is 12. The van der Waals surface area contributed by atoms with Gasteiger partial charge in [0.15, 0.2) is 5.13 Å². The molecule has 62 heavy (non-hydrogen) atoms. The number of amides is 4. The van der Waals surface area contributed by atoms with Gasteiger partial charge in [0, 0.05) is 75.7 Å². The largest absolute Gasteiger partial charge is 0.368 e. The van der Waals surface area contributed by atoms with Gasteiger partial charge in [-0.1, -0.05) is 44.2 Å². The second-order valence-electron chi connectivity index (χ2n) is 16.4. The first-order valence-corrected chi connectivity index (χ1v) is 22.5. The highest BCUT2D eigenvalue weighted by Gasteiger charge is 2.27. The lowest BCUT2D eigenvalue weighted by Gasteiger charge is -2.35. The Morgan fingerprint density at radius 1 is 0.839 bits per heavy atom. The summed E-state index contributed by atoms with van der Waals surface area (Å²) in [6.45, 7) is 8.01.